The van der Waals surface area contributed by atoms with Crippen molar-refractivity contribution in [3.05, 3.63) is 0 Å². The number of aliphatic hydroxyl groups is 1. The fourth-order valence-corrected chi connectivity index (χ4v) is 2.56. The predicted octanol–water partition coefficient (Wildman–Crippen LogP) is 0.0694. The molecule has 0 aromatic rings. The van der Waals surface area contributed by atoms with Crippen LogP contribution >= 0.6 is 11.8 Å². The Kier molecular flexibility index (Phi) is 6.97. The Morgan fingerprint density at radius 1 is 1.50 bits per heavy atom. The van der Waals surface area contributed by atoms with Gasteiger partial charge in [-0.25, -0.2) is 9.52 Å². The number of hydrogen-bond donors (Lipinski definition) is 3. The highest BCUT2D eigenvalue weighted by Crippen LogP contribution is 2.09. The first-order chi connectivity index (χ1) is 8.08. The summed E-state index contributed by atoms with van der Waals surface area (Å²) in [5.74, 6) is 0.367. The van der Waals surface area contributed by atoms with Crippen molar-refractivity contribution in [2.45, 2.75) is 32.5 Å². The maximum absolute atomic E-state index is 11.4. The smallest absolute Gasteiger partial charge is 0.422 e. The van der Waals surface area contributed by atoms with E-state index in [4.69, 9.17) is 0 Å². The number of ether oxygens (including phenoxy) is 1. The van der Waals surface area contributed by atoms with Crippen molar-refractivity contribution in [3.8, 4) is 0 Å². The van der Waals surface area contributed by atoms with Gasteiger partial charge in [-0.15, -0.1) is 0 Å². The summed E-state index contributed by atoms with van der Waals surface area (Å²) in [5.41, 5.74) is -1.18. The van der Waals surface area contributed by atoms with Crippen molar-refractivity contribution in [2.75, 3.05) is 18.6 Å². The normalized spacial score (nSPS) is 15.2. The van der Waals surface area contributed by atoms with Gasteiger partial charge in [-0.2, -0.15) is 24.9 Å². The van der Waals surface area contributed by atoms with Crippen molar-refractivity contribution in [1.82, 2.24) is 9.44 Å². The summed E-state index contributed by atoms with van der Waals surface area (Å²) in [6.45, 7) is 4.50. The van der Waals surface area contributed by atoms with Crippen LogP contribution in [0.2, 0.25) is 0 Å². The number of thioether (sulfide) groups is 1. The van der Waals surface area contributed by atoms with E-state index in [0.717, 1.165) is 0 Å². The molecule has 0 fully saturated rings. The maximum Gasteiger partial charge on any atom is 0.422 e. The Hall–Kier alpha value is -0.510. The van der Waals surface area contributed by atoms with Gasteiger partial charge in [-0.3, -0.25) is 0 Å². The second kappa shape index (κ2) is 7.17. The minimum Gasteiger partial charge on any atom is -0.446 e. The Labute approximate surface area is 112 Å². The molecule has 1 atom stereocenters. The number of carbonyl (C=O) groups is 1. The van der Waals surface area contributed by atoms with E-state index in [9.17, 15) is 18.3 Å². The van der Waals surface area contributed by atoms with Crippen LogP contribution in [0.1, 0.15) is 20.8 Å². The first kappa shape index (κ1) is 17.5. The van der Waals surface area contributed by atoms with E-state index in [0.29, 0.717) is 5.75 Å². The molecule has 108 valence electrons. The molecule has 0 saturated carbocycles. The second-order valence-corrected chi connectivity index (χ2v) is 6.68. The van der Waals surface area contributed by atoms with E-state index < -0.39 is 28.0 Å². The molecule has 18 heavy (non-hydrogen) atoms. The summed E-state index contributed by atoms with van der Waals surface area (Å²) in [4.78, 5) is 11.1. The fraction of sp³-hybridized carbons (Fsp3) is 0.889. The lowest BCUT2D eigenvalue weighted by Gasteiger charge is -2.22. The SMILES string of the molecule is CSCC(C)(O)CNS(=O)(=O)NC(=O)OC(C)C. The van der Waals surface area contributed by atoms with Gasteiger partial charge in [0.25, 0.3) is 0 Å². The summed E-state index contributed by atoms with van der Waals surface area (Å²) in [7, 11) is -4.02. The minimum absolute atomic E-state index is 0.196. The van der Waals surface area contributed by atoms with Crippen LogP contribution in [-0.4, -0.2) is 49.9 Å². The van der Waals surface area contributed by atoms with Crippen molar-refractivity contribution >= 4 is 28.1 Å². The van der Waals surface area contributed by atoms with E-state index in [1.165, 1.54) is 18.7 Å². The number of nitrogens with one attached hydrogen (secondary N) is 2. The third-order valence-electron chi connectivity index (χ3n) is 1.66. The molecule has 7 nitrogen and oxygen atoms in total. The zero-order valence-electron chi connectivity index (χ0n) is 10.9. The van der Waals surface area contributed by atoms with Gasteiger partial charge in [0.05, 0.1) is 11.7 Å². The third kappa shape index (κ3) is 8.56. The van der Waals surface area contributed by atoms with Crippen LogP contribution in [0.4, 0.5) is 4.79 Å². The van der Waals surface area contributed by atoms with Gasteiger partial charge in [0.2, 0.25) is 0 Å². The second-order valence-electron chi connectivity index (χ2n) is 4.31. The summed E-state index contributed by atoms with van der Waals surface area (Å²) in [6.07, 6.45) is 0.322. The predicted molar refractivity (Wildman–Crippen MR) is 70.7 cm³/mol. The minimum atomic E-state index is -4.02. The van der Waals surface area contributed by atoms with Crippen LogP contribution in [-0.2, 0) is 14.9 Å². The van der Waals surface area contributed by atoms with Crippen LogP contribution < -0.4 is 9.44 Å². The maximum atomic E-state index is 11.4. The Morgan fingerprint density at radius 3 is 2.50 bits per heavy atom. The van der Waals surface area contributed by atoms with Gasteiger partial charge in [-0.1, -0.05) is 0 Å². The zero-order valence-corrected chi connectivity index (χ0v) is 12.5. The average molecular weight is 300 g/mol. The quantitative estimate of drug-likeness (QED) is 0.614. The van der Waals surface area contributed by atoms with Gasteiger partial charge in [0.15, 0.2) is 0 Å². The van der Waals surface area contributed by atoms with E-state index in [1.54, 1.807) is 24.8 Å². The molecule has 1 amide bonds. The molecule has 3 N–H and O–H groups in total. The van der Waals surface area contributed by atoms with E-state index >= 15 is 0 Å². The number of rotatable bonds is 7. The Bertz CT molecular complexity index is 367. The van der Waals surface area contributed by atoms with Crippen molar-refractivity contribution in [3.63, 3.8) is 0 Å². The lowest BCUT2D eigenvalue weighted by molar-refractivity contribution is 0.0904. The molecule has 0 heterocycles. The van der Waals surface area contributed by atoms with E-state index in [-0.39, 0.29) is 6.54 Å². The molecule has 0 rings (SSSR count). The highest BCUT2D eigenvalue weighted by Gasteiger charge is 2.24. The van der Waals surface area contributed by atoms with Crippen molar-refractivity contribution in [2.24, 2.45) is 0 Å². The van der Waals surface area contributed by atoms with Gasteiger partial charge in [0.1, 0.15) is 0 Å². The fourth-order valence-electron chi connectivity index (χ4n) is 0.996. The molecular weight excluding hydrogens is 280 g/mol. The summed E-state index contributed by atoms with van der Waals surface area (Å²) < 4.78 is 31.3. The van der Waals surface area contributed by atoms with Gasteiger partial charge < -0.3 is 9.84 Å². The standard InChI is InChI=1S/C9H20N2O5S2/c1-7(2)16-8(12)11-18(14,15)10-5-9(3,13)6-17-4/h7,10,13H,5-6H2,1-4H3,(H,11,12). The monoisotopic (exact) mass is 300 g/mol. The lowest BCUT2D eigenvalue weighted by atomic mass is 10.1. The van der Waals surface area contributed by atoms with Crippen LogP contribution in [0.5, 0.6) is 0 Å². The van der Waals surface area contributed by atoms with Crippen molar-refractivity contribution in [1.29, 1.82) is 0 Å². The molecule has 0 aliphatic heterocycles. The number of carbonyl (C=O) groups excluding carboxylic acids is 1. The number of hydrogen-bond acceptors (Lipinski definition) is 6. The molecule has 0 bridgehead atoms. The van der Waals surface area contributed by atoms with E-state index in [2.05, 4.69) is 9.46 Å². The molecule has 0 saturated heterocycles. The largest absolute Gasteiger partial charge is 0.446 e. The topological polar surface area (TPSA) is 105 Å². The molecule has 0 aromatic heterocycles. The van der Waals surface area contributed by atoms with Crippen LogP contribution in [0.15, 0.2) is 0 Å². The molecular formula is C9H20N2O5S2. The van der Waals surface area contributed by atoms with Crippen LogP contribution in [0, 0.1) is 0 Å². The van der Waals surface area contributed by atoms with Crippen LogP contribution in [0.25, 0.3) is 0 Å². The van der Waals surface area contributed by atoms with Gasteiger partial charge >= 0.3 is 16.3 Å². The molecule has 0 radical (unpaired) electrons. The average Bonchev–Trinajstić information content (AvgIpc) is 2.12. The summed E-state index contributed by atoms with van der Waals surface area (Å²) in [5, 5.41) is 9.77. The summed E-state index contributed by atoms with van der Waals surface area (Å²) in [6, 6.07) is 0. The van der Waals surface area contributed by atoms with Crippen LogP contribution in [0.3, 0.4) is 0 Å². The van der Waals surface area contributed by atoms with E-state index in [1.807, 2.05) is 0 Å². The first-order valence-electron chi connectivity index (χ1n) is 5.27. The molecule has 0 aliphatic rings. The first-order valence-corrected chi connectivity index (χ1v) is 8.15. The Balaban J connectivity index is 4.28. The number of amides is 1. The van der Waals surface area contributed by atoms with Gasteiger partial charge in [-0.05, 0) is 27.0 Å². The molecule has 1 unspecified atom stereocenters. The molecule has 0 aromatic carbocycles. The highest BCUT2D eigenvalue weighted by atomic mass is 32.2. The molecule has 0 aliphatic carbocycles. The molecule has 9 heteroatoms. The molecule has 0 spiro atoms. The Morgan fingerprint density at radius 2 is 2.06 bits per heavy atom. The highest BCUT2D eigenvalue weighted by molar-refractivity contribution is 7.98. The zero-order chi connectivity index (χ0) is 14.4. The lowest BCUT2D eigenvalue weighted by Crippen LogP contribution is -2.48. The van der Waals surface area contributed by atoms with Crippen molar-refractivity contribution < 1.29 is 23.1 Å². The summed E-state index contributed by atoms with van der Waals surface area (Å²) >= 11 is 1.38. The third-order valence-corrected chi connectivity index (χ3v) is 3.53. The van der Waals surface area contributed by atoms with Gasteiger partial charge in [0, 0.05) is 12.3 Å².